The monoisotopic (exact) mass is 358 g/mol. The molecule has 5 nitrogen and oxygen atoms in total. The summed E-state index contributed by atoms with van der Waals surface area (Å²) < 4.78 is 18.0. The van der Waals surface area contributed by atoms with E-state index in [1.165, 1.54) is 17.0 Å². The van der Waals surface area contributed by atoms with Crippen LogP contribution in [0.15, 0.2) is 24.3 Å². The lowest BCUT2D eigenvalue weighted by Crippen LogP contribution is -2.43. The van der Waals surface area contributed by atoms with Crippen molar-refractivity contribution in [3.63, 3.8) is 0 Å². The summed E-state index contributed by atoms with van der Waals surface area (Å²) in [4.78, 5) is 26.0. The van der Waals surface area contributed by atoms with Gasteiger partial charge in [-0.05, 0) is 50.6 Å². The average Bonchev–Trinajstić information content (AvgIpc) is 2.56. The van der Waals surface area contributed by atoms with Gasteiger partial charge in [-0.2, -0.15) is 0 Å². The van der Waals surface area contributed by atoms with Crippen LogP contribution in [0.25, 0.3) is 0 Å². The van der Waals surface area contributed by atoms with Gasteiger partial charge in [0.25, 0.3) is 0 Å². The van der Waals surface area contributed by atoms with Crippen LogP contribution >= 0.6 is 12.4 Å². The number of nitrogens with zero attached hydrogens (tertiary/aromatic N) is 1. The summed E-state index contributed by atoms with van der Waals surface area (Å²) in [6, 6.07) is 5.96. The molecule has 1 amide bonds. The van der Waals surface area contributed by atoms with Crippen molar-refractivity contribution in [1.29, 1.82) is 0 Å². The maximum absolute atomic E-state index is 13.0. The molecule has 1 aromatic carbocycles. The van der Waals surface area contributed by atoms with Gasteiger partial charge in [0.05, 0.1) is 6.61 Å². The van der Waals surface area contributed by atoms with E-state index >= 15 is 0 Å². The lowest BCUT2D eigenvalue weighted by atomic mass is 9.96. The smallest absolute Gasteiger partial charge is 0.325 e. The molecule has 0 bridgehead atoms. The van der Waals surface area contributed by atoms with Crippen LogP contribution in [-0.4, -0.2) is 43.0 Å². The number of hydrogen-bond donors (Lipinski definition) is 1. The third kappa shape index (κ3) is 6.09. The topological polar surface area (TPSA) is 58.6 Å². The normalized spacial score (nSPS) is 14.6. The number of benzene rings is 1. The lowest BCUT2D eigenvalue weighted by molar-refractivity contribution is -0.151. The maximum Gasteiger partial charge on any atom is 0.325 e. The average molecular weight is 359 g/mol. The summed E-state index contributed by atoms with van der Waals surface area (Å²) in [5.41, 5.74) is 0.790. The van der Waals surface area contributed by atoms with E-state index in [0.29, 0.717) is 0 Å². The first kappa shape index (κ1) is 20.4. The van der Waals surface area contributed by atoms with E-state index in [1.807, 2.05) is 0 Å². The molecule has 2 rings (SSSR count). The Morgan fingerprint density at radius 3 is 2.46 bits per heavy atom. The van der Waals surface area contributed by atoms with Gasteiger partial charge >= 0.3 is 5.97 Å². The quantitative estimate of drug-likeness (QED) is 0.791. The van der Waals surface area contributed by atoms with E-state index in [0.717, 1.165) is 31.5 Å². The minimum atomic E-state index is -0.420. The molecule has 134 valence electrons. The van der Waals surface area contributed by atoms with Crippen LogP contribution in [-0.2, 0) is 20.9 Å². The number of hydrogen-bond acceptors (Lipinski definition) is 4. The zero-order valence-corrected chi connectivity index (χ0v) is 14.6. The zero-order chi connectivity index (χ0) is 16.7. The number of amides is 1. The molecule has 0 saturated carbocycles. The molecule has 0 atom stereocenters. The highest BCUT2D eigenvalue weighted by atomic mass is 35.5. The van der Waals surface area contributed by atoms with Crippen molar-refractivity contribution >= 4 is 24.3 Å². The van der Waals surface area contributed by atoms with Crippen molar-refractivity contribution in [3.05, 3.63) is 35.6 Å². The third-order valence-corrected chi connectivity index (χ3v) is 3.91. The van der Waals surface area contributed by atoms with Crippen molar-refractivity contribution in [3.8, 4) is 0 Å². The predicted octanol–water partition coefficient (Wildman–Crippen LogP) is 2.14. The molecule has 1 aliphatic heterocycles. The standard InChI is InChI=1S/C17H23FN2O3.ClH/c1-2-23-16(21)12-20(11-13-3-5-15(18)6-4-13)17(22)14-7-9-19-10-8-14;/h3-6,14,19H,2,7-12H2,1H3;1H. The molecule has 0 unspecified atom stereocenters. The predicted molar refractivity (Wildman–Crippen MR) is 91.3 cm³/mol. The number of esters is 1. The van der Waals surface area contributed by atoms with Crippen molar-refractivity contribution in [2.75, 3.05) is 26.2 Å². The van der Waals surface area contributed by atoms with Crippen LogP contribution in [0.3, 0.4) is 0 Å². The van der Waals surface area contributed by atoms with Gasteiger partial charge in [0.15, 0.2) is 0 Å². The van der Waals surface area contributed by atoms with E-state index in [2.05, 4.69) is 5.32 Å². The Morgan fingerprint density at radius 1 is 1.25 bits per heavy atom. The highest BCUT2D eigenvalue weighted by Crippen LogP contribution is 2.17. The fourth-order valence-electron chi connectivity index (χ4n) is 2.71. The fraction of sp³-hybridized carbons (Fsp3) is 0.529. The number of halogens is 2. The second-order valence-corrected chi connectivity index (χ2v) is 5.65. The number of carbonyl (C=O) groups excluding carboxylic acids is 2. The van der Waals surface area contributed by atoms with Crippen LogP contribution in [0, 0.1) is 11.7 Å². The number of piperidine rings is 1. The summed E-state index contributed by atoms with van der Waals surface area (Å²) in [6.45, 7) is 3.83. The number of nitrogens with one attached hydrogen (secondary N) is 1. The molecular formula is C17H24ClFN2O3. The van der Waals surface area contributed by atoms with Gasteiger partial charge in [0, 0.05) is 12.5 Å². The van der Waals surface area contributed by atoms with Gasteiger partial charge in [-0.25, -0.2) is 4.39 Å². The largest absolute Gasteiger partial charge is 0.465 e. The summed E-state index contributed by atoms with van der Waals surface area (Å²) >= 11 is 0. The van der Waals surface area contributed by atoms with E-state index in [4.69, 9.17) is 4.74 Å². The van der Waals surface area contributed by atoms with Gasteiger partial charge in [-0.3, -0.25) is 9.59 Å². The van der Waals surface area contributed by atoms with Crippen LogP contribution in [0.2, 0.25) is 0 Å². The van der Waals surface area contributed by atoms with Gasteiger partial charge in [-0.1, -0.05) is 12.1 Å². The van der Waals surface area contributed by atoms with Crippen molar-refractivity contribution in [1.82, 2.24) is 10.2 Å². The first-order chi connectivity index (χ1) is 11.1. The van der Waals surface area contributed by atoms with Gasteiger partial charge in [0.2, 0.25) is 5.91 Å². The summed E-state index contributed by atoms with van der Waals surface area (Å²) in [5, 5.41) is 3.22. The van der Waals surface area contributed by atoms with Crippen molar-refractivity contribution in [2.24, 2.45) is 5.92 Å². The molecule has 0 spiro atoms. The van der Waals surface area contributed by atoms with Crippen molar-refractivity contribution < 1.29 is 18.7 Å². The summed E-state index contributed by atoms with van der Waals surface area (Å²) in [6.07, 6.45) is 1.53. The molecule has 1 aromatic rings. The second kappa shape index (κ2) is 10.3. The highest BCUT2D eigenvalue weighted by molar-refractivity contribution is 5.85. The maximum atomic E-state index is 13.0. The molecule has 1 aliphatic rings. The highest BCUT2D eigenvalue weighted by Gasteiger charge is 2.27. The second-order valence-electron chi connectivity index (χ2n) is 5.65. The Kier molecular flexibility index (Phi) is 8.71. The molecule has 0 radical (unpaired) electrons. The van der Waals surface area contributed by atoms with E-state index in [9.17, 15) is 14.0 Å². The summed E-state index contributed by atoms with van der Waals surface area (Å²) in [5.74, 6) is -0.859. The van der Waals surface area contributed by atoms with Gasteiger partial charge < -0.3 is 15.0 Å². The van der Waals surface area contributed by atoms with Crippen molar-refractivity contribution in [2.45, 2.75) is 26.3 Å². The van der Waals surface area contributed by atoms with E-state index in [1.54, 1.807) is 19.1 Å². The molecule has 24 heavy (non-hydrogen) atoms. The summed E-state index contributed by atoms with van der Waals surface area (Å²) in [7, 11) is 0. The zero-order valence-electron chi connectivity index (χ0n) is 13.8. The van der Waals surface area contributed by atoms with Gasteiger partial charge in [0.1, 0.15) is 12.4 Å². The fourth-order valence-corrected chi connectivity index (χ4v) is 2.71. The first-order valence-electron chi connectivity index (χ1n) is 7.99. The molecular weight excluding hydrogens is 335 g/mol. The Bertz CT molecular complexity index is 533. The van der Waals surface area contributed by atoms with Crippen LogP contribution in [0.5, 0.6) is 0 Å². The van der Waals surface area contributed by atoms with Gasteiger partial charge in [-0.15, -0.1) is 12.4 Å². The minimum Gasteiger partial charge on any atom is -0.465 e. The molecule has 1 saturated heterocycles. The Hall–Kier alpha value is -1.66. The first-order valence-corrected chi connectivity index (χ1v) is 7.99. The number of carbonyl (C=O) groups is 2. The third-order valence-electron chi connectivity index (χ3n) is 3.91. The molecule has 1 heterocycles. The lowest BCUT2D eigenvalue weighted by Gasteiger charge is -2.29. The van der Waals surface area contributed by atoms with Crippen LogP contribution < -0.4 is 5.32 Å². The minimum absolute atomic E-state index is 0. The van der Waals surface area contributed by atoms with Crippen LogP contribution in [0.4, 0.5) is 4.39 Å². The Labute approximate surface area is 148 Å². The molecule has 1 N–H and O–H groups in total. The van der Waals surface area contributed by atoms with Crippen LogP contribution in [0.1, 0.15) is 25.3 Å². The molecule has 0 aromatic heterocycles. The Morgan fingerprint density at radius 2 is 1.88 bits per heavy atom. The van der Waals surface area contributed by atoms with E-state index in [-0.39, 0.29) is 49.7 Å². The number of rotatable bonds is 6. The van der Waals surface area contributed by atoms with E-state index < -0.39 is 5.97 Å². The molecule has 1 fully saturated rings. The SMILES string of the molecule is CCOC(=O)CN(Cc1ccc(F)cc1)C(=O)C1CCNCC1.Cl. The number of ether oxygens (including phenoxy) is 1. The Balaban J connectivity index is 0.00000288. The molecule has 0 aliphatic carbocycles. The molecule has 7 heteroatoms.